The molecule has 2 aliphatic heterocycles. The number of hydrogen-bond donors (Lipinski definition) is 2. The number of rotatable bonds is 12. The Bertz CT molecular complexity index is 1590. The van der Waals surface area contributed by atoms with Gasteiger partial charge < -0.3 is 48.5 Å². The molecular formula is C39H46N2O9+2. The van der Waals surface area contributed by atoms with Crippen molar-refractivity contribution in [2.24, 2.45) is 11.8 Å². The molecule has 0 spiro atoms. The Morgan fingerprint density at radius 3 is 0.820 bits per heavy atom. The highest BCUT2D eigenvalue weighted by atomic mass is 16.5. The number of para-hydroxylation sites is 4. The van der Waals surface area contributed by atoms with E-state index < -0.39 is 36.0 Å². The number of methoxy groups -OCH3 is 8. The maximum Gasteiger partial charge on any atom is 0.169 e. The van der Waals surface area contributed by atoms with Crippen molar-refractivity contribution < 1.29 is 53.3 Å². The first-order valence-electron chi connectivity index (χ1n) is 16.5. The average molecular weight is 687 g/mol. The Hall–Kier alpha value is -5.13. The number of fused-ring (bicyclic) bond motifs is 2. The quantitative estimate of drug-likeness (QED) is 0.228. The molecule has 6 atom stereocenters. The Morgan fingerprint density at radius 2 is 0.620 bits per heavy atom. The summed E-state index contributed by atoms with van der Waals surface area (Å²) in [6, 6.07) is 21.6. The molecule has 4 aromatic carbocycles. The fraction of sp³-hybridized carbons (Fsp3) is 0.359. The summed E-state index contributed by atoms with van der Waals surface area (Å²) in [5, 5.41) is 4.55. The first-order chi connectivity index (χ1) is 24.4. The fourth-order valence-electron chi connectivity index (χ4n) is 8.19. The van der Waals surface area contributed by atoms with Crippen molar-refractivity contribution in [3.63, 3.8) is 0 Å². The molecule has 0 aliphatic carbocycles. The summed E-state index contributed by atoms with van der Waals surface area (Å²) in [5.41, 5.74) is 3.36. The van der Waals surface area contributed by atoms with Gasteiger partial charge in [-0.15, -0.1) is 0 Å². The van der Waals surface area contributed by atoms with Crippen LogP contribution in [0.5, 0.6) is 46.0 Å². The van der Waals surface area contributed by atoms with Crippen molar-refractivity contribution in [2.45, 2.75) is 24.2 Å². The lowest BCUT2D eigenvalue weighted by molar-refractivity contribution is -0.815. The molecule has 4 aromatic rings. The lowest BCUT2D eigenvalue weighted by Gasteiger charge is -2.48. The van der Waals surface area contributed by atoms with Crippen molar-refractivity contribution in [3.8, 4) is 46.0 Å². The maximum absolute atomic E-state index is 15.6. The van der Waals surface area contributed by atoms with Crippen LogP contribution in [0.15, 0.2) is 72.8 Å². The molecule has 264 valence electrons. The van der Waals surface area contributed by atoms with Crippen LogP contribution < -0.4 is 48.5 Å². The van der Waals surface area contributed by atoms with Gasteiger partial charge in [0.05, 0.1) is 79.1 Å². The molecule has 2 heterocycles. The van der Waals surface area contributed by atoms with Gasteiger partial charge in [-0.1, -0.05) is 24.3 Å². The highest BCUT2D eigenvalue weighted by Gasteiger charge is 2.62. The molecule has 0 radical (unpaired) electrons. The summed E-state index contributed by atoms with van der Waals surface area (Å²) in [6.45, 7) is 0. The SMILES string of the molecule is COc1cccc([C@H]2[NH2+][C@H](c3cccc(OC)c3OC)C3C(=O)C2[C@@H](c2cccc(OC)c2OC)[NH2+][C@H]3c2cccc(OC)c2OC)c1OC. The number of Topliss-reactive ketones (excluding diaryl/α,β-unsaturated/α-hetero) is 1. The number of carbonyl (C=O) groups is 1. The van der Waals surface area contributed by atoms with E-state index in [-0.39, 0.29) is 5.78 Å². The molecule has 0 aromatic heterocycles. The molecule has 2 fully saturated rings. The second-order valence-corrected chi connectivity index (χ2v) is 12.3. The molecule has 4 N–H and O–H groups in total. The van der Waals surface area contributed by atoms with Crippen LogP contribution in [-0.2, 0) is 4.79 Å². The third-order valence-electron chi connectivity index (χ3n) is 10.2. The highest BCUT2D eigenvalue weighted by Crippen LogP contribution is 2.52. The third-order valence-corrected chi connectivity index (χ3v) is 10.2. The molecule has 2 saturated heterocycles. The summed E-state index contributed by atoms with van der Waals surface area (Å²) in [5.74, 6) is 3.64. The van der Waals surface area contributed by atoms with Gasteiger partial charge in [-0.3, -0.25) is 4.79 Å². The van der Waals surface area contributed by atoms with Gasteiger partial charge >= 0.3 is 0 Å². The molecule has 2 bridgehead atoms. The van der Waals surface area contributed by atoms with E-state index in [9.17, 15) is 0 Å². The first-order valence-corrected chi connectivity index (χ1v) is 16.5. The second kappa shape index (κ2) is 14.8. The summed E-state index contributed by atoms with van der Waals surface area (Å²) >= 11 is 0. The summed E-state index contributed by atoms with van der Waals surface area (Å²) in [6.07, 6.45) is 0. The fourth-order valence-corrected chi connectivity index (χ4v) is 8.19. The van der Waals surface area contributed by atoms with E-state index in [2.05, 4.69) is 10.6 Å². The molecule has 11 heteroatoms. The van der Waals surface area contributed by atoms with Crippen LogP contribution in [0, 0.1) is 11.8 Å². The number of hydrogen-bond acceptors (Lipinski definition) is 9. The zero-order chi connectivity index (χ0) is 35.5. The van der Waals surface area contributed by atoms with Gasteiger partial charge in [0.25, 0.3) is 0 Å². The van der Waals surface area contributed by atoms with Gasteiger partial charge in [-0.05, 0) is 48.5 Å². The van der Waals surface area contributed by atoms with E-state index in [0.717, 1.165) is 22.3 Å². The average Bonchev–Trinajstić information content (AvgIpc) is 3.16. The lowest BCUT2D eigenvalue weighted by Crippen LogP contribution is -3.02. The number of piperidine rings is 2. The monoisotopic (exact) mass is 686 g/mol. The maximum atomic E-state index is 15.6. The van der Waals surface area contributed by atoms with E-state index in [1.54, 1.807) is 56.9 Å². The van der Waals surface area contributed by atoms with Crippen molar-refractivity contribution in [2.75, 3.05) is 56.9 Å². The number of nitrogens with two attached hydrogens (primary N) is 2. The summed E-state index contributed by atoms with van der Waals surface area (Å²) < 4.78 is 47.0. The van der Waals surface area contributed by atoms with Gasteiger partial charge in [-0.2, -0.15) is 0 Å². The van der Waals surface area contributed by atoms with Crippen LogP contribution in [-0.4, -0.2) is 62.7 Å². The van der Waals surface area contributed by atoms with E-state index >= 15 is 4.79 Å². The number of benzene rings is 4. The number of carbonyl (C=O) groups excluding carboxylic acids is 1. The second-order valence-electron chi connectivity index (χ2n) is 12.3. The summed E-state index contributed by atoms with van der Waals surface area (Å²) in [7, 11) is 12.9. The van der Waals surface area contributed by atoms with E-state index in [1.165, 1.54) is 0 Å². The smallest absolute Gasteiger partial charge is 0.169 e. The standard InChI is InChI=1S/C39H44N2O9/c1-43-25-17-9-13-21(36(25)47-5)31-29-32(22-14-10-18-26(44-2)37(22)48-6)41-34(24-16-12-20-28(46-4)39(24)50-8)30(35(29)42)33(40-31)23-15-11-19-27(45-3)38(23)49-7/h9-20,29-34,40-41H,1-8H3/p+2/t29?,30?,31-,32-,33-,34+/m1/s1. The molecule has 2 aliphatic rings. The molecule has 50 heavy (non-hydrogen) atoms. The minimum absolute atomic E-state index is 0.0875. The largest absolute Gasteiger partial charge is 0.493 e. The molecule has 2 unspecified atom stereocenters. The van der Waals surface area contributed by atoms with Crippen molar-refractivity contribution in [1.82, 2.24) is 0 Å². The number of ketones is 1. The Morgan fingerprint density at radius 1 is 0.380 bits per heavy atom. The van der Waals surface area contributed by atoms with Crippen molar-refractivity contribution >= 4 is 5.78 Å². The molecule has 0 saturated carbocycles. The van der Waals surface area contributed by atoms with Crippen LogP contribution >= 0.6 is 0 Å². The third kappa shape index (κ3) is 5.70. The van der Waals surface area contributed by atoms with Gasteiger partial charge in [0.2, 0.25) is 0 Å². The zero-order valence-electron chi connectivity index (χ0n) is 29.7. The number of quaternary nitrogens is 2. The minimum Gasteiger partial charge on any atom is -0.493 e. The molecule has 6 rings (SSSR count). The molecule has 0 amide bonds. The van der Waals surface area contributed by atoms with E-state index in [0.29, 0.717) is 46.0 Å². The molecular weight excluding hydrogens is 640 g/mol. The topological polar surface area (TPSA) is 124 Å². The predicted molar refractivity (Wildman–Crippen MR) is 185 cm³/mol. The summed E-state index contributed by atoms with van der Waals surface area (Å²) in [4.78, 5) is 15.6. The number of ether oxygens (including phenoxy) is 8. The minimum atomic E-state index is -0.539. The van der Waals surface area contributed by atoms with Crippen LogP contribution in [0.3, 0.4) is 0 Å². The van der Waals surface area contributed by atoms with Crippen LogP contribution in [0.4, 0.5) is 0 Å². The Labute approximate surface area is 292 Å². The van der Waals surface area contributed by atoms with Gasteiger partial charge in [-0.25, -0.2) is 0 Å². The lowest BCUT2D eigenvalue weighted by atomic mass is 9.63. The van der Waals surface area contributed by atoms with Crippen molar-refractivity contribution in [3.05, 3.63) is 95.1 Å². The van der Waals surface area contributed by atoms with Crippen molar-refractivity contribution in [1.29, 1.82) is 0 Å². The van der Waals surface area contributed by atoms with Crippen LogP contribution in [0.1, 0.15) is 46.4 Å². The van der Waals surface area contributed by atoms with Crippen LogP contribution in [0.25, 0.3) is 0 Å². The Balaban J connectivity index is 1.66. The van der Waals surface area contributed by atoms with E-state index in [4.69, 9.17) is 37.9 Å². The first kappa shape index (κ1) is 34.7. The predicted octanol–water partition coefficient (Wildman–Crippen LogP) is 3.98. The zero-order valence-corrected chi connectivity index (χ0v) is 29.7. The van der Waals surface area contributed by atoms with Gasteiger partial charge in [0.1, 0.15) is 36.0 Å². The van der Waals surface area contributed by atoms with Gasteiger partial charge in [0.15, 0.2) is 51.8 Å². The van der Waals surface area contributed by atoms with Crippen LogP contribution in [0.2, 0.25) is 0 Å². The van der Waals surface area contributed by atoms with E-state index in [1.807, 2.05) is 72.8 Å². The highest BCUT2D eigenvalue weighted by molar-refractivity contribution is 5.88. The molecule has 11 nitrogen and oxygen atoms in total. The Kier molecular flexibility index (Phi) is 10.3. The van der Waals surface area contributed by atoms with Gasteiger partial charge in [0, 0.05) is 0 Å². The normalized spacial score (nSPS) is 22.7.